The molecule has 5 aromatic rings. The number of hydrogen-bond donors (Lipinski definition) is 2. The predicted molar refractivity (Wildman–Crippen MR) is 156 cm³/mol. The summed E-state index contributed by atoms with van der Waals surface area (Å²) in [5.74, 6) is 0.922. The van der Waals surface area contributed by atoms with Gasteiger partial charge in [-0.1, -0.05) is 60.7 Å². The number of aryl methyl sites for hydroxylation is 1. The maximum absolute atomic E-state index is 14.1. The molecule has 0 unspecified atom stereocenters. The van der Waals surface area contributed by atoms with Crippen LogP contribution < -0.4 is 15.4 Å². The van der Waals surface area contributed by atoms with E-state index in [-0.39, 0.29) is 17.9 Å². The van der Waals surface area contributed by atoms with E-state index in [1.54, 1.807) is 35.9 Å². The summed E-state index contributed by atoms with van der Waals surface area (Å²) in [7, 11) is 0. The van der Waals surface area contributed by atoms with Gasteiger partial charge in [-0.15, -0.1) is 0 Å². The van der Waals surface area contributed by atoms with Crippen molar-refractivity contribution in [2.45, 2.75) is 45.1 Å². The average Bonchev–Trinajstić information content (AvgIpc) is 3.54. The zero-order valence-electron chi connectivity index (χ0n) is 23.5. The number of rotatable bonds is 7. The van der Waals surface area contributed by atoms with Crippen LogP contribution >= 0.6 is 0 Å². The van der Waals surface area contributed by atoms with Gasteiger partial charge in [-0.3, -0.25) is 9.48 Å². The number of nitrogens with zero attached hydrogens (tertiary/aromatic N) is 4. The maximum atomic E-state index is 14.1. The Bertz CT molecular complexity index is 1750. The number of nitrogens with one attached hydrogen (secondary N) is 2. The minimum absolute atomic E-state index is 0.122. The molecule has 2 N–H and O–H groups in total. The summed E-state index contributed by atoms with van der Waals surface area (Å²) in [5.41, 5.74) is 3.29. The van der Waals surface area contributed by atoms with Crippen LogP contribution in [0.5, 0.6) is 11.5 Å². The van der Waals surface area contributed by atoms with Crippen molar-refractivity contribution >= 4 is 17.4 Å². The topological polar surface area (TPSA) is 86.0 Å². The molecule has 2 aromatic heterocycles. The molecule has 3 heterocycles. The second-order valence-electron chi connectivity index (χ2n) is 10.5. The van der Waals surface area contributed by atoms with Crippen LogP contribution in [0, 0.1) is 13.8 Å². The fourth-order valence-corrected chi connectivity index (χ4v) is 5.30. The van der Waals surface area contributed by atoms with E-state index in [4.69, 9.17) is 4.74 Å². The normalized spacial score (nSPS) is 16.3. The molecule has 0 aliphatic carbocycles. The minimum atomic E-state index is -4.54. The van der Waals surface area contributed by atoms with Gasteiger partial charge in [0, 0.05) is 12.5 Å². The predicted octanol–water partition coefficient (Wildman–Crippen LogP) is 7.45. The molecule has 11 heteroatoms. The van der Waals surface area contributed by atoms with Gasteiger partial charge in [0.1, 0.15) is 17.3 Å². The Morgan fingerprint density at radius 2 is 1.65 bits per heavy atom. The molecule has 43 heavy (non-hydrogen) atoms. The van der Waals surface area contributed by atoms with Crippen LogP contribution in [0.3, 0.4) is 0 Å². The molecule has 1 aliphatic heterocycles. The number of benzene rings is 3. The van der Waals surface area contributed by atoms with Gasteiger partial charge >= 0.3 is 6.18 Å². The molecule has 1 amide bonds. The zero-order chi connectivity index (χ0) is 30.1. The second-order valence-corrected chi connectivity index (χ2v) is 10.5. The van der Waals surface area contributed by atoms with Crippen molar-refractivity contribution in [2.75, 3.05) is 10.6 Å². The van der Waals surface area contributed by atoms with Crippen LogP contribution in [-0.4, -0.2) is 31.6 Å². The highest BCUT2D eigenvalue weighted by Crippen LogP contribution is 2.43. The molecule has 0 bridgehead atoms. The van der Waals surface area contributed by atoms with Gasteiger partial charge in [0.05, 0.1) is 29.7 Å². The van der Waals surface area contributed by atoms with Gasteiger partial charge < -0.3 is 15.4 Å². The first-order valence-electron chi connectivity index (χ1n) is 13.8. The van der Waals surface area contributed by atoms with Crippen LogP contribution in [0.25, 0.3) is 0 Å². The fraction of sp³-hybridized carbons (Fsp3) is 0.219. The van der Waals surface area contributed by atoms with E-state index < -0.39 is 24.2 Å². The molecule has 0 saturated heterocycles. The number of aromatic nitrogens is 4. The molecule has 8 nitrogen and oxygen atoms in total. The Morgan fingerprint density at radius 1 is 0.953 bits per heavy atom. The number of carbonyl (C=O) groups is 1. The summed E-state index contributed by atoms with van der Waals surface area (Å²) in [4.78, 5) is 13.3. The van der Waals surface area contributed by atoms with Crippen molar-refractivity contribution in [2.24, 2.45) is 0 Å². The summed E-state index contributed by atoms with van der Waals surface area (Å²) in [5, 5.41) is 14.6. The molecule has 6 rings (SSSR count). The van der Waals surface area contributed by atoms with E-state index in [1.165, 1.54) is 6.07 Å². The monoisotopic (exact) mass is 586 g/mol. The van der Waals surface area contributed by atoms with E-state index in [0.29, 0.717) is 29.4 Å². The Labute approximate surface area is 246 Å². The van der Waals surface area contributed by atoms with Crippen molar-refractivity contribution in [3.8, 4) is 11.5 Å². The van der Waals surface area contributed by atoms with Crippen molar-refractivity contribution in [1.29, 1.82) is 0 Å². The van der Waals surface area contributed by atoms with Crippen LogP contribution in [0.1, 0.15) is 51.5 Å². The number of carbonyl (C=O) groups excluding carboxylic acids is 1. The summed E-state index contributed by atoms with van der Waals surface area (Å²) >= 11 is 0. The SMILES string of the molecule is Cc1nn(Cc2cccc(Oc3ccccc3)c2)c(C)c1NC(=O)c1cc2n(n1)[C@@H](C(F)(F)F)C[C@H](c1ccccc1)N2. The number of para-hydroxylation sites is 1. The van der Waals surface area contributed by atoms with Gasteiger partial charge in [0.15, 0.2) is 11.7 Å². The Kier molecular flexibility index (Phi) is 7.39. The molecule has 1 aliphatic rings. The second kappa shape index (κ2) is 11.3. The van der Waals surface area contributed by atoms with Crippen LogP contribution in [0.4, 0.5) is 24.7 Å². The van der Waals surface area contributed by atoms with Gasteiger partial charge in [-0.25, -0.2) is 4.68 Å². The van der Waals surface area contributed by atoms with Gasteiger partial charge in [0.2, 0.25) is 0 Å². The van der Waals surface area contributed by atoms with E-state index in [1.807, 2.05) is 67.6 Å². The number of anilines is 2. The van der Waals surface area contributed by atoms with Crippen molar-refractivity contribution in [3.05, 3.63) is 119 Å². The van der Waals surface area contributed by atoms with E-state index in [0.717, 1.165) is 21.6 Å². The van der Waals surface area contributed by atoms with Crippen LogP contribution in [0.2, 0.25) is 0 Å². The summed E-state index contributed by atoms with van der Waals surface area (Å²) in [6.07, 6.45) is -4.78. The third-order valence-corrected chi connectivity index (χ3v) is 7.45. The first-order valence-corrected chi connectivity index (χ1v) is 13.8. The lowest BCUT2D eigenvalue weighted by atomic mass is 9.97. The molecule has 0 fully saturated rings. The number of fused-ring (bicyclic) bond motifs is 1. The highest BCUT2D eigenvalue weighted by atomic mass is 19.4. The zero-order valence-corrected chi connectivity index (χ0v) is 23.5. The lowest BCUT2D eigenvalue weighted by Gasteiger charge is -2.33. The lowest BCUT2D eigenvalue weighted by Crippen LogP contribution is -2.35. The Morgan fingerprint density at radius 3 is 2.37 bits per heavy atom. The summed E-state index contributed by atoms with van der Waals surface area (Å²) in [6, 6.07) is 24.9. The lowest BCUT2D eigenvalue weighted by molar-refractivity contribution is -0.173. The third-order valence-electron chi connectivity index (χ3n) is 7.45. The molecule has 0 radical (unpaired) electrons. The Hall–Kier alpha value is -5.06. The van der Waals surface area contributed by atoms with E-state index in [9.17, 15) is 18.0 Å². The number of amides is 1. The van der Waals surface area contributed by atoms with Crippen LogP contribution in [-0.2, 0) is 6.54 Å². The van der Waals surface area contributed by atoms with Gasteiger partial charge in [-0.2, -0.15) is 23.4 Å². The summed E-state index contributed by atoms with van der Waals surface area (Å²) in [6.45, 7) is 4.01. The Balaban J connectivity index is 1.20. The fourth-order valence-electron chi connectivity index (χ4n) is 5.30. The molecule has 0 saturated carbocycles. The molecule has 2 atom stereocenters. The third kappa shape index (κ3) is 5.97. The maximum Gasteiger partial charge on any atom is 0.410 e. The van der Waals surface area contributed by atoms with Crippen molar-refractivity contribution in [3.63, 3.8) is 0 Å². The highest BCUT2D eigenvalue weighted by Gasteiger charge is 2.46. The highest BCUT2D eigenvalue weighted by molar-refractivity contribution is 6.04. The first-order chi connectivity index (χ1) is 20.7. The number of alkyl halides is 3. The van der Waals surface area contributed by atoms with Crippen molar-refractivity contribution in [1.82, 2.24) is 19.6 Å². The van der Waals surface area contributed by atoms with Crippen LogP contribution in [0.15, 0.2) is 91.0 Å². The van der Waals surface area contributed by atoms with E-state index >= 15 is 0 Å². The number of hydrogen-bond acceptors (Lipinski definition) is 5. The first kappa shape index (κ1) is 28.1. The molecule has 3 aromatic carbocycles. The van der Waals surface area contributed by atoms with E-state index in [2.05, 4.69) is 20.8 Å². The quantitative estimate of drug-likeness (QED) is 0.207. The molecule has 0 spiro atoms. The molecule has 220 valence electrons. The van der Waals surface area contributed by atoms with Crippen molar-refractivity contribution < 1.29 is 22.7 Å². The largest absolute Gasteiger partial charge is 0.457 e. The standard InChI is InChI=1S/C32H29F3N6O2/c1-20-30(21(2)40(38-20)19-22-10-9-15-25(16-22)43-24-13-7-4-8-14-24)37-31(42)27-18-29-36-26(23-11-5-3-6-12-23)17-28(32(33,34)35)41(29)39-27/h3-16,18,26,28,36H,17,19H2,1-2H3,(H,37,42)/t26-,28-/m1/s1. The molecular weight excluding hydrogens is 557 g/mol. The number of halogens is 3. The average molecular weight is 587 g/mol. The van der Waals surface area contributed by atoms with Gasteiger partial charge in [-0.05, 0) is 49.2 Å². The minimum Gasteiger partial charge on any atom is -0.457 e. The molecular formula is C32H29F3N6O2. The van der Waals surface area contributed by atoms with Gasteiger partial charge in [0.25, 0.3) is 5.91 Å². The summed E-state index contributed by atoms with van der Waals surface area (Å²) < 4.78 is 50.8. The number of ether oxygens (including phenoxy) is 1. The smallest absolute Gasteiger partial charge is 0.410 e.